The van der Waals surface area contributed by atoms with Crippen LogP contribution in [-0.4, -0.2) is 40.9 Å². The second kappa shape index (κ2) is 10.2. The number of benzene rings is 1. The van der Waals surface area contributed by atoms with Gasteiger partial charge in [-0.2, -0.15) is 0 Å². The molecule has 0 fully saturated rings. The summed E-state index contributed by atoms with van der Waals surface area (Å²) in [4.78, 5) is 46.9. The van der Waals surface area contributed by atoms with Crippen LogP contribution < -0.4 is 10.6 Å². The standard InChI is InChI=1S/C19H26ClN3O6/c1-6-19(4,5)22-15(24)10-29-18(26)16(11(2)3)21-17(25)13-8-7-12(23(27)28)9-14(13)20/h7-9,11,16H,6,10H2,1-5H3,(H,21,25)(H,22,24)/t16-/m0/s1. The summed E-state index contributed by atoms with van der Waals surface area (Å²) in [6, 6.07) is 2.38. The van der Waals surface area contributed by atoms with E-state index in [0.717, 1.165) is 12.1 Å². The van der Waals surface area contributed by atoms with Crippen LogP contribution in [0.25, 0.3) is 0 Å². The normalized spacial score (nSPS) is 12.2. The first-order valence-electron chi connectivity index (χ1n) is 9.10. The molecule has 9 nitrogen and oxygen atoms in total. The van der Waals surface area contributed by atoms with Crippen LogP contribution in [0.3, 0.4) is 0 Å². The molecule has 10 heteroatoms. The molecule has 0 spiro atoms. The summed E-state index contributed by atoms with van der Waals surface area (Å²) in [7, 11) is 0. The lowest BCUT2D eigenvalue weighted by Gasteiger charge is -2.25. The molecule has 1 atom stereocenters. The Bertz CT molecular complexity index is 794. The monoisotopic (exact) mass is 427 g/mol. The number of carbonyl (C=O) groups is 3. The predicted octanol–water partition coefficient (Wildman–Crippen LogP) is 2.85. The topological polar surface area (TPSA) is 128 Å². The molecule has 0 radical (unpaired) electrons. The molecule has 0 aliphatic carbocycles. The molecule has 29 heavy (non-hydrogen) atoms. The average molecular weight is 428 g/mol. The van der Waals surface area contributed by atoms with E-state index in [-0.39, 0.29) is 22.2 Å². The summed E-state index contributed by atoms with van der Waals surface area (Å²) in [6.07, 6.45) is 0.702. The maximum absolute atomic E-state index is 12.5. The van der Waals surface area contributed by atoms with Gasteiger partial charge in [-0.3, -0.25) is 19.7 Å². The van der Waals surface area contributed by atoms with Crippen molar-refractivity contribution >= 4 is 35.1 Å². The van der Waals surface area contributed by atoms with Gasteiger partial charge in [0.05, 0.1) is 15.5 Å². The Morgan fingerprint density at radius 1 is 1.28 bits per heavy atom. The lowest BCUT2D eigenvalue weighted by atomic mass is 10.0. The van der Waals surface area contributed by atoms with Crippen molar-refractivity contribution in [2.45, 2.75) is 52.6 Å². The predicted molar refractivity (Wildman–Crippen MR) is 108 cm³/mol. The number of esters is 1. The molecule has 1 rings (SSSR count). The van der Waals surface area contributed by atoms with Gasteiger partial charge in [-0.05, 0) is 32.3 Å². The Balaban J connectivity index is 2.80. The van der Waals surface area contributed by atoms with Gasteiger partial charge in [-0.15, -0.1) is 0 Å². The zero-order valence-corrected chi connectivity index (χ0v) is 17.8. The van der Waals surface area contributed by atoms with Gasteiger partial charge in [0.15, 0.2) is 6.61 Å². The molecule has 2 amide bonds. The number of non-ortho nitro benzene ring substituents is 1. The molecule has 0 aliphatic rings. The Hall–Kier alpha value is -2.68. The largest absolute Gasteiger partial charge is 0.454 e. The van der Waals surface area contributed by atoms with Gasteiger partial charge in [0.2, 0.25) is 0 Å². The smallest absolute Gasteiger partial charge is 0.329 e. The van der Waals surface area contributed by atoms with Crippen LogP contribution in [-0.2, 0) is 14.3 Å². The summed E-state index contributed by atoms with van der Waals surface area (Å²) >= 11 is 5.95. The first-order chi connectivity index (χ1) is 13.4. The third kappa shape index (κ3) is 7.34. The molecule has 0 bridgehead atoms. The molecule has 0 aliphatic heterocycles. The van der Waals surface area contributed by atoms with E-state index in [9.17, 15) is 24.5 Å². The number of nitro groups is 1. The number of nitrogens with one attached hydrogen (secondary N) is 2. The first kappa shape index (κ1) is 24.4. The zero-order valence-electron chi connectivity index (χ0n) is 17.1. The molecule has 2 N–H and O–H groups in total. The van der Waals surface area contributed by atoms with Crippen molar-refractivity contribution in [1.29, 1.82) is 0 Å². The van der Waals surface area contributed by atoms with E-state index in [2.05, 4.69) is 10.6 Å². The number of carbonyl (C=O) groups excluding carboxylic acids is 3. The zero-order chi connectivity index (χ0) is 22.4. The fourth-order valence-corrected chi connectivity index (χ4v) is 2.51. The SMILES string of the molecule is CCC(C)(C)NC(=O)COC(=O)[C@@H](NC(=O)c1ccc([N+](=O)[O-])cc1Cl)C(C)C. The molecule has 0 saturated heterocycles. The van der Waals surface area contributed by atoms with Crippen LogP contribution in [0.5, 0.6) is 0 Å². The second-order valence-electron chi connectivity index (χ2n) is 7.51. The quantitative estimate of drug-likeness (QED) is 0.354. The molecule has 0 heterocycles. The summed E-state index contributed by atoms with van der Waals surface area (Å²) < 4.78 is 5.05. The van der Waals surface area contributed by atoms with Gasteiger partial charge in [0.1, 0.15) is 6.04 Å². The minimum absolute atomic E-state index is 0.0156. The van der Waals surface area contributed by atoms with Crippen molar-refractivity contribution in [2.24, 2.45) is 5.92 Å². The Kier molecular flexibility index (Phi) is 8.57. The van der Waals surface area contributed by atoms with Crippen molar-refractivity contribution in [3.8, 4) is 0 Å². The van der Waals surface area contributed by atoms with E-state index in [1.807, 2.05) is 20.8 Å². The summed E-state index contributed by atoms with van der Waals surface area (Å²) in [5.41, 5.74) is -0.701. The van der Waals surface area contributed by atoms with Gasteiger partial charge in [-0.1, -0.05) is 32.4 Å². The van der Waals surface area contributed by atoms with Crippen molar-refractivity contribution < 1.29 is 24.0 Å². The Morgan fingerprint density at radius 2 is 1.90 bits per heavy atom. The first-order valence-corrected chi connectivity index (χ1v) is 9.48. The fourth-order valence-electron chi connectivity index (χ4n) is 2.25. The van der Waals surface area contributed by atoms with E-state index in [1.54, 1.807) is 13.8 Å². The molecule has 0 unspecified atom stereocenters. The van der Waals surface area contributed by atoms with E-state index in [4.69, 9.17) is 16.3 Å². The number of amides is 2. The van der Waals surface area contributed by atoms with Crippen LogP contribution in [0.1, 0.15) is 51.4 Å². The third-order valence-corrected chi connectivity index (χ3v) is 4.64. The van der Waals surface area contributed by atoms with Crippen LogP contribution in [0, 0.1) is 16.0 Å². The number of ether oxygens (including phenoxy) is 1. The van der Waals surface area contributed by atoms with Gasteiger partial charge < -0.3 is 15.4 Å². The molecule has 1 aromatic carbocycles. The fraction of sp³-hybridized carbons (Fsp3) is 0.526. The van der Waals surface area contributed by atoms with Crippen LogP contribution in [0.4, 0.5) is 5.69 Å². The Labute approximate surface area is 174 Å². The van der Waals surface area contributed by atoms with Gasteiger partial charge in [0.25, 0.3) is 17.5 Å². The maximum Gasteiger partial charge on any atom is 0.329 e. The van der Waals surface area contributed by atoms with Crippen molar-refractivity contribution in [1.82, 2.24) is 10.6 Å². The van der Waals surface area contributed by atoms with Gasteiger partial charge in [0, 0.05) is 17.7 Å². The highest BCUT2D eigenvalue weighted by atomic mass is 35.5. The van der Waals surface area contributed by atoms with Crippen LogP contribution >= 0.6 is 11.6 Å². The second-order valence-corrected chi connectivity index (χ2v) is 7.92. The highest BCUT2D eigenvalue weighted by Gasteiger charge is 2.28. The van der Waals surface area contributed by atoms with Crippen molar-refractivity contribution in [2.75, 3.05) is 6.61 Å². The molecule has 160 valence electrons. The number of hydrogen-bond acceptors (Lipinski definition) is 6. The molecular formula is C19H26ClN3O6. The molecule has 0 aromatic heterocycles. The number of nitrogens with zero attached hydrogens (tertiary/aromatic N) is 1. The van der Waals surface area contributed by atoms with Crippen LogP contribution in [0.15, 0.2) is 18.2 Å². The van der Waals surface area contributed by atoms with E-state index >= 15 is 0 Å². The minimum atomic E-state index is -1.03. The molecular weight excluding hydrogens is 402 g/mol. The number of nitro benzene ring substituents is 1. The van der Waals surface area contributed by atoms with E-state index in [1.165, 1.54) is 6.07 Å². The van der Waals surface area contributed by atoms with Crippen molar-refractivity contribution in [3.05, 3.63) is 38.9 Å². The van der Waals surface area contributed by atoms with E-state index in [0.29, 0.717) is 6.42 Å². The Morgan fingerprint density at radius 3 is 2.38 bits per heavy atom. The molecule has 1 aromatic rings. The number of halogens is 1. The lowest BCUT2D eigenvalue weighted by molar-refractivity contribution is -0.384. The molecule has 0 saturated carbocycles. The third-order valence-electron chi connectivity index (χ3n) is 4.32. The maximum atomic E-state index is 12.5. The summed E-state index contributed by atoms with van der Waals surface area (Å²) in [6.45, 7) is 8.53. The number of rotatable bonds is 9. The van der Waals surface area contributed by atoms with Crippen molar-refractivity contribution in [3.63, 3.8) is 0 Å². The summed E-state index contributed by atoms with van der Waals surface area (Å²) in [5, 5.41) is 15.9. The average Bonchev–Trinajstić information content (AvgIpc) is 2.63. The summed E-state index contributed by atoms with van der Waals surface area (Å²) in [5.74, 6) is -2.23. The highest BCUT2D eigenvalue weighted by Crippen LogP contribution is 2.22. The lowest BCUT2D eigenvalue weighted by Crippen LogP contribution is -2.48. The van der Waals surface area contributed by atoms with Crippen LogP contribution in [0.2, 0.25) is 5.02 Å². The van der Waals surface area contributed by atoms with Gasteiger partial charge in [-0.25, -0.2) is 4.79 Å². The highest BCUT2D eigenvalue weighted by molar-refractivity contribution is 6.34. The van der Waals surface area contributed by atoms with E-state index < -0.39 is 40.9 Å². The van der Waals surface area contributed by atoms with Gasteiger partial charge >= 0.3 is 5.97 Å². The number of hydrogen-bond donors (Lipinski definition) is 2. The minimum Gasteiger partial charge on any atom is -0.454 e.